The number of H-pyrrole nitrogens is 1. The summed E-state index contributed by atoms with van der Waals surface area (Å²) in [5.74, 6) is -3.31. The minimum Gasteiger partial charge on any atom is -0.507 e. The van der Waals surface area contributed by atoms with Crippen molar-refractivity contribution in [1.82, 2.24) is 14.8 Å². The Balaban J connectivity index is 2.13. The number of aliphatic hydroxyl groups is 1. The van der Waals surface area contributed by atoms with Crippen LogP contribution in [0.3, 0.4) is 0 Å². The van der Waals surface area contributed by atoms with E-state index in [2.05, 4.69) is 9.88 Å². The Morgan fingerprint density at radius 3 is 2.44 bits per heavy atom. The van der Waals surface area contributed by atoms with Crippen molar-refractivity contribution >= 4 is 23.4 Å². The van der Waals surface area contributed by atoms with E-state index in [4.69, 9.17) is 4.74 Å². The number of nitrogens with one attached hydrogen (secondary N) is 1. The van der Waals surface area contributed by atoms with Crippen molar-refractivity contribution in [1.29, 1.82) is 0 Å². The maximum absolute atomic E-state index is 15.0. The van der Waals surface area contributed by atoms with Crippen LogP contribution in [-0.2, 0) is 14.3 Å². The Kier molecular flexibility index (Phi) is 8.68. The predicted octanol–water partition coefficient (Wildman–Crippen LogP) is 4.10. The number of hydrogen-bond donors (Lipinski definition) is 2. The van der Waals surface area contributed by atoms with Gasteiger partial charge in [-0.05, 0) is 58.5 Å². The van der Waals surface area contributed by atoms with Crippen LogP contribution in [0.25, 0.3) is 5.76 Å². The third-order valence-electron chi connectivity index (χ3n) is 6.66. The number of aromatic amines is 1. The van der Waals surface area contributed by atoms with Gasteiger partial charge in [0.2, 0.25) is 0 Å². The van der Waals surface area contributed by atoms with E-state index in [-0.39, 0.29) is 35.5 Å². The molecule has 1 aromatic heterocycles. The predicted molar refractivity (Wildman–Crippen MR) is 134 cm³/mol. The van der Waals surface area contributed by atoms with Gasteiger partial charge in [-0.2, -0.15) is 0 Å². The molecule has 0 spiro atoms. The second-order valence-electron chi connectivity index (χ2n) is 8.74. The summed E-state index contributed by atoms with van der Waals surface area (Å²) in [6.45, 7) is 11.8. The molecule has 1 saturated heterocycles. The van der Waals surface area contributed by atoms with Crippen LogP contribution >= 0.6 is 0 Å². The number of aromatic nitrogens is 1. The van der Waals surface area contributed by atoms with E-state index in [0.29, 0.717) is 24.2 Å². The molecule has 0 aliphatic carbocycles. The summed E-state index contributed by atoms with van der Waals surface area (Å²) < 4.78 is 20.1. The van der Waals surface area contributed by atoms with Crippen LogP contribution < -0.4 is 0 Å². The van der Waals surface area contributed by atoms with Crippen LogP contribution in [0.5, 0.6) is 0 Å². The Morgan fingerprint density at radius 2 is 1.83 bits per heavy atom. The quantitative estimate of drug-likeness (QED) is 0.221. The highest BCUT2D eigenvalue weighted by atomic mass is 19.1. The molecule has 1 amide bonds. The lowest BCUT2D eigenvalue weighted by Gasteiger charge is -2.27. The average Bonchev–Trinajstić information content (AvgIpc) is 3.29. The number of nitrogens with zero attached hydrogens (tertiary/aromatic N) is 2. The summed E-state index contributed by atoms with van der Waals surface area (Å²) in [6.07, 6.45) is 0.578. The fourth-order valence-electron chi connectivity index (χ4n) is 4.78. The first-order chi connectivity index (χ1) is 17.2. The number of carbonyl (C=O) groups excluding carboxylic acids is 3. The van der Waals surface area contributed by atoms with E-state index >= 15 is 0 Å². The van der Waals surface area contributed by atoms with E-state index in [9.17, 15) is 23.9 Å². The lowest BCUT2D eigenvalue weighted by molar-refractivity contribution is -0.140. The van der Waals surface area contributed by atoms with Gasteiger partial charge in [-0.15, -0.1) is 0 Å². The molecule has 0 radical (unpaired) electrons. The van der Waals surface area contributed by atoms with Crippen molar-refractivity contribution in [2.75, 3.05) is 32.8 Å². The number of esters is 1. The van der Waals surface area contributed by atoms with Crippen molar-refractivity contribution in [3.05, 3.63) is 63.7 Å². The number of aryl methyl sites for hydroxylation is 1. The third-order valence-corrected chi connectivity index (χ3v) is 6.66. The highest BCUT2D eigenvalue weighted by Gasteiger charge is 2.47. The molecule has 9 heteroatoms. The molecular formula is C27H34FN3O5. The second-order valence-corrected chi connectivity index (χ2v) is 8.74. The number of carbonyl (C=O) groups is 3. The van der Waals surface area contributed by atoms with Gasteiger partial charge in [-0.1, -0.05) is 32.0 Å². The molecule has 2 heterocycles. The minimum absolute atomic E-state index is 0.123. The molecule has 2 N–H and O–H groups in total. The normalized spacial score (nSPS) is 17.3. The maximum atomic E-state index is 15.0. The summed E-state index contributed by atoms with van der Waals surface area (Å²) in [5, 5.41) is 11.4. The van der Waals surface area contributed by atoms with Gasteiger partial charge in [0.15, 0.2) is 0 Å². The van der Waals surface area contributed by atoms with Gasteiger partial charge < -0.3 is 24.6 Å². The van der Waals surface area contributed by atoms with Crippen molar-refractivity contribution < 1.29 is 28.6 Å². The standard InChI is InChI=1S/C27H34FN3O5/c1-6-30(7-2)14-11-15-31-23(18-12-9-10-13-19(18)28)21(25(33)26(31)34)24(32)20-16(4)22(29-17(20)5)27(35)36-8-3/h9-10,12-13,23,29,32H,6-8,11,14-15H2,1-5H3. The van der Waals surface area contributed by atoms with E-state index < -0.39 is 35.3 Å². The van der Waals surface area contributed by atoms with Crippen LogP contribution in [0, 0.1) is 19.7 Å². The highest BCUT2D eigenvalue weighted by Crippen LogP contribution is 2.41. The van der Waals surface area contributed by atoms with Crippen LogP contribution in [-0.4, -0.2) is 70.3 Å². The van der Waals surface area contributed by atoms with Crippen molar-refractivity contribution in [3.8, 4) is 0 Å². The molecular weight excluding hydrogens is 465 g/mol. The Morgan fingerprint density at radius 1 is 1.17 bits per heavy atom. The summed E-state index contributed by atoms with van der Waals surface area (Å²) >= 11 is 0. The molecule has 1 aromatic carbocycles. The lowest BCUT2D eigenvalue weighted by Crippen LogP contribution is -2.33. The summed E-state index contributed by atoms with van der Waals surface area (Å²) in [5.41, 5.74) is 1.09. The maximum Gasteiger partial charge on any atom is 0.355 e. The molecule has 1 aliphatic rings. The molecule has 0 bridgehead atoms. The van der Waals surface area contributed by atoms with E-state index in [1.807, 2.05) is 13.8 Å². The number of halogens is 1. The lowest BCUT2D eigenvalue weighted by atomic mass is 9.93. The largest absolute Gasteiger partial charge is 0.507 e. The van der Waals surface area contributed by atoms with Gasteiger partial charge >= 0.3 is 5.97 Å². The monoisotopic (exact) mass is 499 g/mol. The molecule has 1 fully saturated rings. The number of ether oxygens (including phenoxy) is 1. The topological polar surface area (TPSA) is 103 Å². The fraction of sp³-hybridized carbons (Fsp3) is 0.444. The van der Waals surface area contributed by atoms with Gasteiger partial charge in [0.1, 0.15) is 17.3 Å². The Labute approximate surface area is 210 Å². The number of amides is 1. The molecule has 36 heavy (non-hydrogen) atoms. The average molecular weight is 500 g/mol. The van der Waals surface area contributed by atoms with Crippen molar-refractivity contribution in [2.24, 2.45) is 0 Å². The van der Waals surface area contributed by atoms with Gasteiger partial charge in [0.05, 0.1) is 18.2 Å². The summed E-state index contributed by atoms with van der Waals surface area (Å²) in [4.78, 5) is 45.2. The van der Waals surface area contributed by atoms with Crippen molar-refractivity contribution in [2.45, 2.75) is 47.1 Å². The first-order valence-corrected chi connectivity index (χ1v) is 12.3. The molecule has 194 valence electrons. The number of rotatable bonds is 10. The second kappa shape index (κ2) is 11.5. The molecule has 0 saturated carbocycles. The van der Waals surface area contributed by atoms with Crippen LogP contribution in [0.1, 0.15) is 66.1 Å². The van der Waals surface area contributed by atoms with E-state index in [1.54, 1.807) is 26.8 Å². The zero-order valence-electron chi connectivity index (χ0n) is 21.5. The van der Waals surface area contributed by atoms with Gasteiger partial charge in [0.25, 0.3) is 11.7 Å². The van der Waals surface area contributed by atoms with Gasteiger partial charge in [-0.25, -0.2) is 9.18 Å². The summed E-state index contributed by atoms with van der Waals surface area (Å²) in [6, 6.07) is 4.83. The number of aliphatic hydroxyl groups excluding tert-OH is 1. The molecule has 1 aliphatic heterocycles. The third kappa shape index (κ3) is 5.06. The van der Waals surface area contributed by atoms with Crippen LogP contribution in [0.15, 0.2) is 29.8 Å². The SMILES string of the molecule is CCOC(=O)c1[nH]c(C)c(C(O)=C2C(=O)C(=O)N(CCCN(CC)CC)C2c2ccccc2F)c1C. The zero-order valence-corrected chi connectivity index (χ0v) is 21.5. The number of benzene rings is 1. The first kappa shape index (κ1) is 27.1. The number of Topliss-reactive ketones (excluding diaryl/α,β-unsaturated/α-hetero) is 1. The van der Waals surface area contributed by atoms with Crippen LogP contribution in [0.4, 0.5) is 4.39 Å². The van der Waals surface area contributed by atoms with Crippen molar-refractivity contribution in [3.63, 3.8) is 0 Å². The Hall–Kier alpha value is -3.46. The van der Waals surface area contributed by atoms with E-state index in [0.717, 1.165) is 13.1 Å². The highest BCUT2D eigenvalue weighted by molar-refractivity contribution is 6.46. The van der Waals surface area contributed by atoms with E-state index in [1.165, 1.54) is 23.1 Å². The smallest absolute Gasteiger partial charge is 0.355 e. The van der Waals surface area contributed by atoms with Crippen LogP contribution in [0.2, 0.25) is 0 Å². The molecule has 8 nitrogen and oxygen atoms in total. The number of likely N-dealkylation sites (tertiary alicyclic amines) is 1. The Bertz CT molecular complexity index is 1180. The molecule has 1 unspecified atom stereocenters. The summed E-state index contributed by atoms with van der Waals surface area (Å²) in [7, 11) is 0. The molecule has 1 atom stereocenters. The molecule has 3 rings (SSSR count). The van der Waals surface area contributed by atoms with Gasteiger partial charge in [0, 0.05) is 23.4 Å². The van der Waals surface area contributed by atoms with Gasteiger partial charge in [-0.3, -0.25) is 9.59 Å². The number of hydrogen-bond acceptors (Lipinski definition) is 6. The molecule has 2 aromatic rings. The first-order valence-electron chi connectivity index (χ1n) is 12.3. The fourth-order valence-corrected chi connectivity index (χ4v) is 4.78. The zero-order chi connectivity index (χ0) is 26.6. The minimum atomic E-state index is -1.09. The number of ketones is 1.